The van der Waals surface area contributed by atoms with Crippen LogP contribution in [-0.4, -0.2) is 29.5 Å². The topological polar surface area (TPSA) is 84.7 Å². The van der Waals surface area contributed by atoms with Crippen molar-refractivity contribution in [3.8, 4) is 0 Å². The van der Waals surface area contributed by atoms with E-state index in [4.69, 9.17) is 10.5 Å². The van der Waals surface area contributed by atoms with E-state index in [1.807, 2.05) is 20.8 Å². The number of nitrogens with one attached hydrogen (secondary N) is 1. The number of carbonyl (C=O) groups excluding carboxylic acids is 2. The Morgan fingerprint density at radius 2 is 2.20 bits per heavy atom. The molecular formula is C13H19N3O3S. The molecule has 20 heavy (non-hydrogen) atoms. The van der Waals surface area contributed by atoms with Crippen LogP contribution in [0.4, 0.5) is 15.5 Å². The first-order valence-electron chi connectivity index (χ1n) is 6.40. The Morgan fingerprint density at radius 3 is 2.80 bits per heavy atom. The van der Waals surface area contributed by atoms with Gasteiger partial charge in [0.2, 0.25) is 6.41 Å². The average molecular weight is 297 g/mol. The van der Waals surface area contributed by atoms with Gasteiger partial charge in [-0.1, -0.05) is 0 Å². The largest absolute Gasteiger partial charge is 0.444 e. The number of nitrogen functional groups attached to an aromatic ring is 1. The minimum atomic E-state index is -0.504. The van der Waals surface area contributed by atoms with Gasteiger partial charge in [0.15, 0.2) is 0 Å². The predicted octanol–water partition coefficient (Wildman–Crippen LogP) is 2.19. The fourth-order valence-corrected chi connectivity index (χ4v) is 3.22. The van der Waals surface area contributed by atoms with Gasteiger partial charge in [-0.2, -0.15) is 0 Å². The summed E-state index contributed by atoms with van der Waals surface area (Å²) in [5, 5.41) is 3.21. The Hall–Kier alpha value is -1.76. The third-order valence-electron chi connectivity index (χ3n) is 2.94. The number of hydrogen-bond donors (Lipinski definition) is 2. The van der Waals surface area contributed by atoms with Crippen molar-refractivity contribution in [1.29, 1.82) is 0 Å². The Morgan fingerprint density at radius 1 is 1.50 bits per heavy atom. The zero-order valence-electron chi connectivity index (χ0n) is 11.9. The molecule has 0 fully saturated rings. The zero-order chi connectivity index (χ0) is 14.9. The van der Waals surface area contributed by atoms with Gasteiger partial charge in [0, 0.05) is 11.4 Å². The van der Waals surface area contributed by atoms with Gasteiger partial charge in [-0.3, -0.25) is 4.79 Å². The second-order valence-corrected chi connectivity index (χ2v) is 6.79. The van der Waals surface area contributed by atoms with Crippen LogP contribution in [0.15, 0.2) is 0 Å². The van der Waals surface area contributed by atoms with Crippen LogP contribution >= 0.6 is 11.3 Å². The number of rotatable bonds is 2. The first-order valence-corrected chi connectivity index (χ1v) is 7.21. The maximum absolute atomic E-state index is 12.0. The monoisotopic (exact) mass is 297 g/mol. The zero-order valence-corrected chi connectivity index (χ0v) is 12.7. The number of ether oxygens (including phenoxy) is 1. The number of nitrogens with two attached hydrogens (primary N) is 1. The molecule has 0 aromatic carbocycles. The summed E-state index contributed by atoms with van der Waals surface area (Å²) >= 11 is 1.40. The summed E-state index contributed by atoms with van der Waals surface area (Å²) < 4.78 is 5.37. The van der Waals surface area contributed by atoms with Crippen LogP contribution in [0.1, 0.15) is 31.2 Å². The summed E-state index contributed by atoms with van der Waals surface area (Å²) in [7, 11) is 0. The second-order valence-electron chi connectivity index (χ2n) is 5.66. The molecule has 7 heteroatoms. The van der Waals surface area contributed by atoms with E-state index in [0.29, 0.717) is 36.6 Å². The highest BCUT2D eigenvalue weighted by molar-refractivity contribution is 7.16. The molecule has 1 aromatic heterocycles. The highest BCUT2D eigenvalue weighted by atomic mass is 32.1. The van der Waals surface area contributed by atoms with Crippen molar-refractivity contribution in [3.05, 3.63) is 10.4 Å². The molecule has 3 N–H and O–H groups in total. The van der Waals surface area contributed by atoms with Crippen molar-refractivity contribution in [3.63, 3.8) is 0 Å². The summed E-state index contributed by atoms with van der Waals surface area (Å²) in [5.41, 5.74) is 7.10. The summed E-state index contributed by atoms with van der Waals surface area (Å²) in [6.45, 7) is 6.56. The highest BCUT2D eigenvalue weighted by Crippen LogP contribution is 2.39. The van der Waals surface area contributed by atoms with Crippen molar-refractivity contribution >= 4 is 34.5 Å². The number of hydrogen-bond acceptors (Lipinski definition) is 5. The lowest BCUT2D eigenvalue weighted by Gasteiger charge is -2.30. The Bertz CT molecular complexity index is 534. The van der Waals surface area contributed by atoms with Crippen LogP contribution in [0.2, 0.25) is 0 Å². The van der Waals surface area contributed by atoms with E-state index in [2.05, 4.69) is 5.32 Å². The van der Waals surface area contributed by atoms with Gasteiger partial charge >= 0.3 is 6.09 Å². The molecule has 2 rings (SSSR count). The molecule has 0 aliphatic carbocycles. The molecule has 2 heterocycles. The van der Waals surface area contributed by atoms with Gasteiger partial charge in [0.05, 0.1) is 12.2 Å². The number of anilines is 2. The third kappa shape index (κ3) is 3.04. The van der Waals surface area contributed by atoms with Crippen molar-refractivity contribution in [2.45, 2.75) is 39.3 Å². The lowest BCUT2D eigenvalue weighted by molar-refractivity contribution is -0.105. The molecule has 6 nitrogen and oxygen atoms in total. The van der Waals surface area contributed by atoms with E-state index in [1.165, 1.54) is 11.3 Å². The molecule has 0 atom stereocenters. The summed E-state index contributed by atoms with van der Waals surface area (Å²) in [4.78, 5) is 25.3. The minimum Gasteiger partial charge on any atom is -0.444 e. The van der Waals surface area contributed by atoms with Gasteiger partial charge < -0.3 is 20.7 Å². The highest BCUT2D eigenvalue weighted by Gasteiger charge is 2.29. The first-order chi connectivity index (χ1) is 9.31. The van der Waals surface area contributed by atoms with Gasteiger partial charge in [-0.05, 0) is 32.8 Å². The molecule has 1 aliphatic heterocycles. The fourth-order valence-electron chi connectivity index (χ4n) is 2.12. The molecule has 1 aromatic rings. The molecule has 110 valence electrons. The summed E-state index contributed by atoms with van der Waals surface area (Å²) in [6, 6.07) is 0. The van der Waals surface area contributed by atoms with Crippen molar-refractivity contribution in [1.82, 2.24) is 4.90 Å². The standard InChI is InChI=1S/C13H19N3O3S/c1-13(2,3)19-12(18)16-5-4-8-9(6-16)20-11(14)10(8)15-7-17/h7H,4-6,14H2,1-3H3,(H,15,17). The molecule has 2 amide bonds. The fraction of sp³-hybridized carbons (Fsp3) is 0.538. The van der Waals surface area contributed by atoms with Crippen molar-refractivity contribution in [2.75, 3.05) is 17.6 Å². The molecule has 0 saturated heterocycles. The van der Waals surface area contributed by atoms with Crippen molar-refractivity contribution < 1.29 is 14.3 Å². The lowest BCUT2D eigenvalue weighted by Crippen LogP contribution is -2.39. The van der Waals surface area contributed by atoms with Crippen LogP contribution in [0, 0.1) is 0 Å². The van der Waals surface area contributed by atoms with E-state index < -0.39 is 5.60 Å². The molecule has 0 bridgehead atoms. The summed E-state index contributed by atoms with van der Waals surface area (Å²) in [5.74, 6) is 0. The van der Waals surface area contributed by atoms with E-state index >= 15 is 0 Å². The molecule has 0 spiro atoms. The molecular weight excluding hydrogens is 278 g/mol. The molecule has 0 unspecified atom stereocenters. The van der Waals surface area contributed by atoms with E-state index in [1.54, 1.807) is 4.90 Å². The van der Waals surface area contributed by atoms with Gasteiger partial charge in [0.25, 0.3) is 0 Å². The normalized spacial score (nSPS) is 14.7. The van der Waals surface area contributed by atoms with Gasteiger partial charge in [-0.15, -0.1) is 11.3 Å². The maximum atomic E-state index is 12.0. The molecule has 0 saturated carbocycles. The number of carbonyl (C=O) groups is 2. The van der Waals surface area contributed by atoms with Crippen LogP contribution in [0.5, 0.6) is 0 Å². The molecule has 1 aliphatic rings. The minimum absolute atomic E-state index is 0.319. The molecule has 0 radical (unpaired) electrons. The van der Waals surface area contributed by atoms with Crippen LogP contribution in [0.25, 0.3) is 0 Å². The van der Waals surface area contributed by atoms with Gasteiger partial charge in [0.1, 0.15) is 10.6 Å². The predicted molar refractivity (Wildman–Crippen MR) is 78.8 cm³/mol. The lowest BCUT2D eigenvalue weighted by atomic mass is 10.1. The third-order valence-corrected chi connectivity index (χ3v) is 3.99. The SMILES string of the molecule is CC(C)(C)OC(=O)N1CCc2c(sc(N)c2NC=O)C1. The number of nitrogens with zero attached hydrogens (tertiary/aromatic N) is 1. The number of thiophene rings is 1. The van der Waals surface area contributed by atoms with Crippen LogP contribution in [0.3, 0.4) is 0 Å². The smallest absolute Gasteiger partial charge is 0.410 e. The van der Waals surface area contributed by atoms with Gasteiger partial charge in [-0.25, -0.2) is 4.79 Å². The average Bonchev–Trinajstić information content (AvgIpc) is 2.63. The van der Waals surface area contributed by atoms with Crippen molar-refractivity contribution in [2.24, 2.45) is 0 Å². The Balaban J connectivity index is 2.14. The van der Waals surface area contributed by atoms with E-state index in [0.717, 1.165) is 10.4 Å². The van der Waals surface area contributed by atoms with E-state index in [9.17, 15) is 9.59 Å². The Kier molecular flexibility index (Phi) is 3.89. The van der Waals surface area contributed by atoms with Crippen LogP contribution in [-0.2, 0) is 22.5 Å². The maximum Gasteiger partial charge on any atom is 0.410 e. The number of amides is 2. The Labute approximate surface area is 121 Å². The van der Waals surface area contributed by atoms with E-state index in [-0.39, 0.29) is 6.09 Å². The quantitative estimate of drug-likeness (QED) is 0.819. The second kappa shape index (κ2) is 5.32. The first kappa shape index (κ1) is 14.6. The number of fused-ring (bicyclic) bond motifs is 1. The van der Waals surface area contributed by atoms with Crippen LogP contribution < -0.4 is 11.1 Å². The summed E-state index contributed by atoms with van der Waals surface area (Å²) in [6.07, 6.45) is 0.970.